The van der Waals surface area contributed by atoms with Crippen molar-refractivity contribution in [3.8, 4) is 11.5 Å². The van der Waals surface area contributed by atoms with Crippen LogP contribution in [-0.4, -0.2) is 43.1 Å². The van der Waals surface area contributed by atoms with Crippen LogP contribution in [0.3, 0.4) is 0 Å². The molecule has 1 saturated heterocycles. The van der Waals surface area contributed by atoms with Crippen molar-refractivity contribution >= 4 is 17.3 Å². The molecule has 1 fully saturated rings. The minimum Gasteiger partial charge on any atom is -0.481 e. The van der Waals surface area contributed by atoms with Crippen molar-refractivity contribution in [2.24, 2.45) is 0 Å². The number of ether oxygens (including phenoxy) is 2. The molecule has 18 heavy (non-hydrogen) atoms. The third-order valence-corrected chi connectivity index (χ3v) is 3.35. The van der Waals surface area contributed by atoms with Crippen molar-refractivity contribution in [1.82, 2.24) is 5.32 Å². The molecule has 0 spiro atoms. The normalized spacial score (nSPS) is 27.1. The number of anilines is 1. The molecule has 0 aromatic heterocycles. The summed E-state index contributed by atoms with van der Waals surface area (Å²) in [6.07, 6.45) is -0.892. The molecule has 6 heteroatoms. The largest absolute Gasteiger partial charge is 0.481 e. The zero-order valence-electron chi connectivity index (χ0n) is 9.80. The van der Waals surface area contributed by atoms with E-state index in [0.717, 1.165) is 18.8 Å². The van der Waals surface area contributed by atoms with E-state index in [0.29, 0.717) is 18.0 Å². The van der Waals surface area contributed by atoms with Gasteiger partial charge in [0.25, 0.3) is 0 Å². The zero-order chi connectivity index (χ0) is 12.5. The molecule has 0 amide bonds. The van der Waals surface area contributed by atoms with Gasteiger partial charge < -0.3 is 19.5 Å². The van der Waals surface area contributed by atoms with Gasteiger partial charge in [-0.05, 0) is 12.1 Å². The first-order chi connectivity index (χ1) is 8.74. The Kier molecular flexibility index (Phi) is 3.20. The number of nitrogens with zero attached hydrogens (tertiary/aromatic N) is 1. The maximum Gasteiger partial charge on any atom is 0.232 e. The molecule has 5 nitrogen and oxygen atoms in total. The van der Waals surface area contributed by atoms with Crippen molar-refractivity contribution in [3.05, 3.63) is 18.2 Å². The van der Waals surface area contributed by atoms with Crippen LogP contribution in [0.15, 0.2) is 18.2 Å². The lowest BCUT2D eigenvalue weighted by atomic mass is 10.2. The molecule has 3 rings (SSSR count). The number of nitrogens with one attached hydrogen (secondary N) is 1. The van der Waals surface area contributed by atoms with Crippen LogP contribution in [0.5, 0.6) is 11.5 Å². The monoisotopic (exact) mass is 270 g/mol. The number of hydrogen-bond donors (Lipinski definition) is 2. The van der Waals surface area contributed by atoms with Crippen molar-refractivity contribution in [1.29, 1.82) is 0 Å². The second-order valence-corrected chi connectivity index (χ2v) is 4.88. The quantitative estimate of drug-likeness (QED) is 0.583. The van der Waals surface area contributed by atoms with Crippen LogP contribution >= 0.6 is 11.6 Å². The van der Waals surface area contributed by atoms with Gasteiger partial charge in [-0.25, -0.2) is 0 Å². The van der Waals surface area contributed by atoms with Crippen molar-refractivity contribution < 1.29 is 14.6 Å². The standard InChI is InChI=1S/C12H15ClN2O3/c13-10-6-15(5-4-14-10)8-2-1-3-9-12(8)17-7-11(16)18-9/h1-3,10-11,14,16H,4-7H2. The Balaban J connectivity index is 1.90. The summed E-state index contributed by atoms with van der Waals surface area (Å²) < 4.78 is 10.9. The number of fused-ring (bicyclic) bond motifs is 1. The van der Waals surface area contributed by atoms with Crippen molar-refractivity contribution in [2.75, 3.05) is 31.1 Å². The summed E-state index contributed by atoms with van der Waals surface area (Å²) in [4.78, 5) is 2.16. The molecule has 0 bridgehead atoms. The Bertz CT molecular complexity index is 443. The summed E-state index contributed by atoms with van der Waals surface area (Å²) in [7, 11) is 0. The van der Waals surface area contributed by atoms with Gasteiger partial charge >= 0.3 is 0 Å². The molecule has 1 aromatic carbocycles. The number of hydrogen-bond acceptors (Lipinski definition) is 5. The molecule has 1 aromatic rings. The second-order valence-electron chi connectivity index (χ2n) is 4.36. The lowest BCUT2D eigenvalue weighted by molar-refractivity contribution is -0.0667. The molecule has 0 radical (unpaired) electrons. The molecule has 0 aliphatic carbocycles. The highest BCUT2D eigenvalue weighted by molar-refractivity contribution is 6.20. The van der Waals surface area contributed by atoms with Crippen LogP contribution in [0.4, 0.5) is 5.69 Å². The average molecular weight is 271 g/mol. The molecular formula is C12H15ClN2O3. The molecule has 2 N–H and O–H groups in total. The van der Waals surface area contributed by atoms with E-state index in [9.17, 15) is 5.11 Å². The highest BCUT2D eigenvalue weighted by Gasteiger charge is 2.26. The Morgan fingerprint density at radius 2 is 2.33 bits per heavy atom. The number of para-hydroxylation sites is 1. The van der Waals surface area contributed by atoms with E-state index < -0.39 is 6.29 Å². The predicted molar refractivity (Wildman–Crippen MR) is 68.4 cm³/mol. The fourth-order valence-electron chi connectivity index (χ4n) is 2.25. The van der Waals surface area contributed by atoms with E-state index in [4.69, 9.17) is 21.1 Å². The lowest BCUT2D eigenvalue weighted by Gasteiger charge is -2.35. The molecule has 2 unspecified atom stereocenters. The molecule has 2 aliphatic rings. The summed E-state index contributed by atoms with van der Waals surface area (Å²) in [5.41, 5.74) is 0.899. The van der Waals surface area contributed by atoms with Gasteiger partial charge in [-0.3, -0.25) is 5.32 Å². The molecule has 2 heterocycles. The lowest BCUT2D eigenvalue weighted by Crippen LogP contribution is -2.48. The van der Waals surface area contributed by atoms with Gasteiger partial charge in [0.15, 0.2) is 18.1 Å². The first-order valence-corrected chi connectivity index (χ1v) is 6.40. The van der Waals surface area contributed by atoms with Gasteiger partial charge in [0.05, 0.1) is 5.69 Å². The van der Waals surface area contributed by atoms with E-state index >= 15 is 0 Å². The third kappa shape index (κ3) is 2.21. The molecule has 2 aliphatic heterocycles. The summed E-state index contributed by atoms with van der Waals surface area (Å²) in [6, 6.07) is 5.66. The fourth-order valence-corrected chi connectivity index (χ4v) is 2.53. The molecule has 0 saturated carbocycles. The molecule has 2 atom stereocenters. The number of alkyl halides is 1. The number of piperazine rings is 1. The van der Waals surface area contributed by atoms with Gasteiger partial charge in [0, 0.05) is 19.6 Å². The Morgan fingerprint density at radius 1 is 1.44 bits per heavy atom. The zero-order valence-corrected chi connectivity index (χ0v) is 10.6. The fraction of sp³-hybridized carbons (Fsp3) is 0.500. The average Bonchev–Trinajstić information content (AvgIpc) is 2.37. The molecular weight excluding hydrogens is 256 g/mol. The smallest absolute Gasteiger partial charge is 0.232 e. The van der Waals surface area contributed by atoms with Crippen LogP contribution in [0, 0.1) is 0 Å². The minimum atomic E-state index is -0.892. The maximum absolute atomic E-state index is 9.41. The van der Waals surface area contributed by atoms with E-state index in [1.54, 1.807) is 6.07 Å². The number of aliphatic hydroxyl groups is 1. The minimum absolute atomic E-state index is 0.0651. The number of halogens is 1. The van der Waals surface area contributed by atoms with E-state index in [1.807, 2.05) is 12.1 Å². The third-order valence-electron chi connectivity index (χ3n) is 3.06. The predicted octanol–water partition coefficient (Wildman–Crippen LogP) is 0.751. The van der Waals surface area contributed by atoms with E-state index in [1.165, 1.54) is 0 Å². The van der Waals surface area contributed by atoms with E-state index in [-0.39, 0.29) is 12.1 Å². The topological polar surface area (TPSA) is 54.0 Å². The summed E-state index contributed by atoms with van der Waals surface area (Å²) >= 11 is 6.10. The van der Waals surface area contributed by atoms with Crippen LogP contribution < -0.4 is 19.7 Å². The number of aliphatic hydroxyl groups excluding tert-OH is 1. The second kappa shape index (κ2) is 4.84. The van der Waals surface area contributed by atoms with Gasteiger partial charge in [0.2, 0.25) is 6.29 Å². The van der Waals surface area contributed by atoms with Crippen LogP contribution in [-0.2, 0) is 0 Å². The summed E-state index contributed by atoms with van der Waals surface area (Å²) in [5, 5.41) is 12.6. The first kappa shape index (κ1) is 11.9. The van der Waals surface area contributed by atoms with Gasteiger partial charge in [-0.2, -0.15) is 0 Å². The summed E-state index contributed by atoms with van der Waals surface area (Å²) in [5.74, 6) is 1.27. The summed E-state index contributed by atoms with van der Waals surface area (Å²) in [6.45, 7) is 2.57. The van der Waals surface area contributed by atoms with E-state index in [2.05, 4.69) is 10.2 Å². The number of benzene rings is 1. The van der Waals surface area contributed by atoms with Crippen LogP contribution in [0.1, 0.15) is 0 Å². The van der Waals surface area contributed by atoms with Crippen molar-refractivity contribution in [3.63, 3.8) is 0 Å². The SMILES string of the molecule is OC1COc2c(cccc2N2CCNC(Cl)C2)O1. The van der Waals surface area contributed by atoms with Gasteiger partial charge in [0.1, 0.15) is 5.50 Å². The van der Waals surface area contributed by atoms with Gasteiger partial charge in [-0.15, -0.1) is 11.6 Å². The van der Waals surface area contributed by atoms with Crippen LogP contribution in [0.25, 0.3) is 0 Å². The Labute approximate surface area is 110 Å². The molecule has 98 valence electrons. The maximum atomic E-state index is 9.41. The highest BCUT2D eigenvalue weighted by atomic mass is 35.5. The Morgan fingerprint density at radius 3 is 3.17 bits per heavy atom. The van der Waals surface area contributed by atoms with Crippen molar-refractivity contribution in [2.45, 2.75) is 11.8 Å². The van der Waals surface area contributed by atoms with Crippen LogP contribution in [0.2, 0.25) is 0 Å². The number of rotatable bonds is 1. The first-order valence-electron chi connectivity index (χ1n) is 5.97. The Hall–Kier alpha value is -1.17. The highest BCUT2D eigenvalue weighted by Crippen LogP contribution is 2.40. The van der Waals surface area contributed by atoms with Gasteiger partial charge in [-0.1, -0.05) is 6.07 Å².